The number of carbonyl (C=O) groups is 1. The fourth-order valence-electron chi connectivity index (χ4n) is 1.58. The summed E-state index contributed by atoms with van der Waals surface area (Å²) in [5, 5.41) is 3.39. The van der Waals surface area contributed by atoms with Crippen LogP contribution in [0.2, 0.25) is 5.02 Å². The van der Waals surface area contributed by atoms with Gasteiger partial charge in [-0.25, -0.2) is 0 Å². The molecule has 0 saturated heterocycles. The quantitative estimate of drug-likeness (QED) is 0.712. The van der Waals surface area contributed by atoms with E-state index < -0.39 is 0 Å². The Morgan fingerprint density at radius 3 is 2.63 bits per heavy atom. The average Bonchev–Trinajstić information content (AvgIpc) is 2.38. The highest BCUT2D eigenvalue weighted by molar-refractivity contribution is 9.11. The van der Waals surface area contributed by atoms with Crippen molar-refractivity contribution in [2.75, 3.05) is 5.32 Å². The number of halogens is 3. The zero-order valence-electron chi connectivity index (χ0n) is 10.0. The van der Waals surface area contributed by atoms with E-state index in [0.29, 0.717) is 20.7 Å². The van der Waals surface area contributed by atoms with Crippen LogP contribution >= 0.6 is 43.5 Å². The summed E-state index contributed by atoms with van der Waals surface area (Å²) < 4.78 is 1.66. The van der Waals surface area contributed by atoms with Crippen molar-refractivity contribution in [3.63, 3.8) is 0 Å². The van der Waals surface area contributed by atoms with Crippen LogP contribution in [0.15, 0.2) is 45.3 Å². The predicted octanol–water partition coefficient (Wildman–Crippen LogP) is 5.43. The van der Waals surface area contributed by atoms with Crippen molar-refractivity contribution < 1.29 is 4.79 Å². The van der Waals surface area contributed by atoms with Crippen LogP contribution in [0.25, 0.3) is 0 Å². The van der Waals surface area contributed by atoms with Gasteiger partial charge in [-0.05, 0) is 58.7 Å². The van der Waals surface area contributed by atoms with Gasteiger partial charge in [-0.3, -0.25) is 4.79 Å². The fraction of sp³-hybridized carbons (Fsp3) is 0.0714. The number of nitrogens with one attached hydrogen (secondary N) is 1. The van der Waals surface area contributed by atoms with E-state index >= 15 is 0 Å². The van der Waals surface area contributed by atoms with Gasteiger partial charge in [0.15, 0.2) is 0 Å². The molecule has 0 fully saturated rings. The first-order valence-corrected chi connectivity index (χ1v) is 7.47. The molecular formula is C14H10Br2ClNO. The highest BCUT2D eigenvalue weighted by Crippen LogP contribution is 2.30. The molecule has 98 valence electrons. The molecule has 5 heteroatoms. The maximum Gasteiger partial charge on any atom is 0.255 e. The summed E-state index contributed by atoms with van der Waals surface area (Å²) in [5.41, 5.74) is 2.27. The smallest absolute Gasteiger partial charge is 0.255 e. The SMILES string of the molecule is Cc1cc(C(=O)Nc2cccc(Cl)c2Br)ccc1Br. The molecule has 0 aliphatic rings. The highest BCUT2D eigenvalue weighted by atomic mass is 79.9. The molecule has 1 amide bonds. The van der Waals surface area contributed by atoms with Crippen LogP contribution in [-0.4, -0.2) is 5.91 Å². The molecule has 0 aliphatic carbocycles. The molecule has 2 aromatic carbocycles. The topological polar surface area (TPSA) is 29.1 Å². The van der Waals surface area contributed by atoms with Crippen molar-refractivity contribution >= 4 is 55.1 Å². The molecule has 0 aliphatic heterocycles. The summed E-state index contributed by atoms with van der Waals surface area (Å²) in [5.74, 6) is -0.168. The standard InChI is InChI=1S/C14H10Br2ClNO/c1-8-7-9(5-6-10(8)15)14(19)18-12-4-2-3-11(17)13(12)16/h2-7H,1H3,(H,18,19). The Hall–Kier alpha value is -0.840. The third-order valence-electron chi connectivity index (χ3n) is 2.62. The van der Waals surface area contributed by atoms with E-state index in [0.717, 1.165) is 10.0 Å². The second-order valence-electron chi connectivity index (χ2n) is 4.02. The Morgan fingerprint density at radius 1 is 1.21 bits per heavy atom. The maximum absolute atomic E-state index is 12.2. The van der Waals surface area contributed by atoms with E-state index in [1.54, 1.807) is 24.3 Å². The summed E-state index contributed by atoms with van der Waals surface area (Å²) in [6.45, 7) is 1.94. The molecular weight excluding hydrogens is 393 g/mol. The number of benzene rings is 2. The van der Waals surface area contributed by atoms with Gasteiger partial charge in [-0.1, -0.05) is 33.6 Å². The largest absolute Gasteiger partial charge is 0.321 e. The lowest BCUT2D eigenvalue weighted by atomic mass is 10.1. The second kappa shape index (κ2) is 6.07. The Bertz CT molecular complexity index is 643. The molecule has 0 radical (unpaired) electrons. The first-order chi connectivity index (χ1) is 8.99. The van der Waals surface area contributed by atoms with E-state index in [1.165, 1.54) is 0 Å². The molecule has 1 N–H and O–H groups in total. The van der Waals surface area contributed by atoms with Gasteiger partial charge < -0.3 is 5.32 Å². The van der Waals surface area contributed by atoms with Gasteiger partial charge in [-0.2, -0.15) is 0 Å². The van der Waals surface area contributed by atoms with Gasteiger partial charge in [-0.15, -0.1) is 0 Å². The highest BCUT2D eigenvalue weighted by Gasteiger charge is 2.10. The Balaban J connectivity index is 2.26. The number of hydrogen-bond donors (Lipinski definition) is 1. The van der Waals surface area contributed by atoms with Crippen molar-refractivity contribution in [3.05, 3.63) is 61.5 Å². The Kier molecular flexibility index (Phi) is 4.66. The van der Waals surface area contributed by atoms with Crippen LogP contribution in [0, 0.1) is 6.92 Å². The van der Waals surface area contributed by atoms with E-state index in [4.69, 9.17) is 11.6 Å². The van der Waals surface area contributed by atoms with E-state index in [2.05, 4.69) is 37.2 Å². The monoisotopic (exact) mass is 401 g/mol. The number of anilines is 1. The minimum absolute atomic E-state index is 0.168. The molecule has 0 unspecified atom stereocenters. The first kappa shape index (κ1) is 14.6. The average molecular weight is 404 g/mol. The molecule has 0 bridgehead atoms. The molecule has 19 heavy (non-hydrogen) atoms. The molecule has 0 saturated carbocycles. The molecule has 0 aromatic heterocycles. The van der Waals surface area contributed by atoms with Gasteiger partial charge in [0.1, 0.15) is 0 Å². The van der Waals surface area contributed by atoms with Gasteiger partial charge in [0.2, 0.25) is 0 Å². The Labute approximate surface area is 133 Å². The first-order valence-electron chi connectivity index (χ1n) is 5.50. The number of hydrogen-bond acceptors (Lipinski definition) is 1. The second-order valence-corrected chi connectivity index (χ2v) is 6.07. The number of rotatable bonds is 2. The zero-order valence-corrected chi connectivity index (χ0v) is 13.9. The molecule has 0 heterocycles. The minimum Gasteiger partial charge on any atom is -0.321 e. The minimum atomic E-state index is -0.168. The Morgan fingerprint density at radius 2 is 1.95 bits per heavy atom. The van der Waals surface area contributed by atoms with Crippen LogP contribution in [-0.2, 0) is 0 Å². The lowest BCUT2D eigenvalue weighted by molar-refractivity contribution is 0.102. The third kappa shape index (κ3) is 3.38. The normalized spacial score (nSPS) is 10.3. The molecule has 0 spiro atoms. The van der Waals surface area contributed by atoms with E-state index in [-0.39, 0.29) is 5.91 Å². The van der Waals surface area contributed by atoms with Crippen molar-refractivity contribution in [2.24, 2.45) is 0 Å². The molecule has 0 atom stereocenters. The van der Waals surface area contributed by atoms with Crippen LogP contribution in [0.1, 0.15) is 15.9 Å². The van der Waals surface area contributed by atoms with Gasteiger partial charge in [0.25, 0.3) is 5.91 Å². The van der Waals surface area contributed by atoms with Crippen LogP contribution in [0.4, 0.5) is 5.69 Å². The summed E-state index contributed by atoms with van der Waals surface area (Å²) >= 11 is 12.7. The maximum atomic E-state index is 12.2. The molecule has 2 rings (SSSR count). The summed E-state index contributed by atoms with van der Waals surface area (Å²) in [6, 6.07) is 10.8. The van der Waals surface area contributed by atoms with Gasteiger partial charge in [0.05, 0.1) is 15.2 Å². The lowest BCUT2D eigenvalue weighted by Gasteiger charge is -2.09. The van der Waals surface area contributed by atoms with E-state index in [9.17, 15) is 4.79 Å². The van der Waals surface area contributed by atoms with Crippen molar-refractivity contribution in [1.82, 2.24) is 0 Å². The van der Waals surface area contributed by atoms with Gasteiger partial charge in [0, 0.05) is 10.0 Å². The third-order valence-corrected chi connectivity index (χ3v) is 4.91. The lowest BCUT2D eigenvalue weighted by Crippen LogP contribution is -2.12. The van der Waals surface area contributed by atoms with Crippen LogP contribution in [0.3, 0.4) is 0 Å². The van der Waals surface area contributed by atoms with Crippen LogP contribution < -0.4 is 5.32 Å². The number of amides is 1. The van der Waals surface area contributed by atoms with Crippen LogP contribution in [0.5, 0.6) is 0 Å². The zero-order chi connectivity index (χ0) is 14.0. The summed E-state index contributed by atoms with van der Waals surface area (Å²) in [6.07, 6.45) is 0. The fourth-order valence-corrected chi connectivity index (χ4v) is 2.37. The number of aryl methyl sites for hydroxylation is 1. The summed E-state index contributed by atoms with van der Waals surface area (Å²) in [7, 11) is 0. The molecule has 2 nitrogen and oxygen atoms in total. The molecule has 2 aromatic rings. The van der Waals surface area contributed by atoms with Crippen molar-refractivity contribution in [1.29, 1.82) is 0 Å². The van der Waals surface area contributed by atoms with Crippen molar-refractivity contribution in [3.8, 4) is 0 Å². The number of carbonyl (C=O) groups excluding carboxylic acids is 1. The predicted molar refractivity (Wildman–Crippen MR) is 86.0 cm³/mol. The summed E-state index contributed by atoms with van der Waals surface area (Å²) in [4.78, 5) is 12.2. The van der Waals surface area contributed by atoms with Gasteiger partial charge >= 0.3 is 0 Å². The van der Waals surface area contributed by atoms with E-state index in [1.807, 2.05) is 19.1 Å². The van der Waals surface area contributed by atoms with Crippen molar-refractivity contribution in [2.45, 2.75) is 6.92 Å².